The summed E-state index contributed by atoms with van der Waals surface area (Å²) in [4.78, 5) is 2.21. The van der Waals surface area contributed by atoms with E-state index < -0.39 is 0 Å². The van der Waals surface area contributed by atoms with E-state index in [1.165, 1.54) is 6.42 Å². The molecule has 106 valence electrons. The number of hydrogen-bond acceptors (Lipinski definition) is 4. The number of anilines is 2. The molecule has 0 radical (unpaired) electrons. The number of aliphatic hydroxyl groups excluding tert-OH is 1. The van der Waals surface area contributed by atoms with Crippen molar-refractivity contribution in [3.05, 3.63) is 18.2 Å². The quantitative estimate of drug-likeness (QED) is 0.820. The summed E-state index contributed by atoms with van der Waals surface area (Å²) in [7, 11) is 0. The Morgan fingerprint density at radius 3 is 2.89 bits per heavy atom. The Balaban J connectivity index is 2.28. The van der Waals surface area contributed by atoms with Crippen LogP contribution in [0.25, 0.3) is 0 Å². The van der Waals surface area contributed by atoms with Crippen molar-refractivity contribution in [2.45, 2.75) is 45.3 Å². The molecule has 1 aromatic carbocycles. The van der Waals surface area contributed by atoms with Crippen LogP contribution in [0, 0.1) is 0 Å². The van der Waals surface area contributed by atoms with Gasteiger partial charge in [0, 0.05) is 6.54 Å². The first-order valence-electron chi connectivity index (χ1n) is 7.06. The second-order valence-electron chi connectivity index (χ2n) is 5.38. The van der Waals surface area contributed by atoms with Gasteiger partial charge in [0.1, 0.15) is 5.75 Å². The molecule has 19 heavy (non-hydrogen) atoms. The molecule has 0 bridgehead atoms. The van der Waals surface area contributed by atoms with Gasteiger partial charge in [0.2, 0.25) is 0 Å². The Kier molecular flexibility index (Phi) is 4.53. The first-order chi connectivity index (χ1) is 9.13. The predicted octanol–water partition coefficient (Wildman–Crippen LogP) is 2.41. The maximum Gasteiger partial charge on any atom is 0.144 e. The fourth-order valence-corrected chi connectivity index (χ4v) is 2.65. The van der Waals surface area contributed by atoms with Gasteiger partial charge in [-0.1, -0.05) is 6.07 Å². The number of piperidine rings is 1. The molecule has 1 aromatic rings. The van der Waals surface area contributed by atoms with Gasteiger partial charge < -0.3 is 20.5 Å². The summed E-state index contributed by atoms with van der Waals surface area (Å²) in [5, 5.41) is 9.51. The van der Waals surface area contributed by atoms with Crippen LogP contribution in [0.2, 0.25) is 0 Å². The fraction of sp³-hybridized carbons (Fsp3) is 0.600. The third-order valence-electron chi connectivity index (χ3n) is 3.55. The highest BCUT2D eigenvalue weighted by molar-refractivity contribution is 5.74. The van der Waals surface area contributed by atoms with E-state index in [9.17, 15) is 5.11 Å². The minimum absolute atomic E-state index is 0.104. The van der Waals surface area contributed by atoms with Crippen molar-refractivity contribution in [2.24, 2.45) is 0 Å². The number of benzene rings is 1. The van der Waals surface area contributed by atoms with Crippen LogP contribution in [0.5, 0.6) is 5.75 Å². The molecule has 1 saturated heterocycles. The zero-order chi connectivity index (χ0) is 13.8. The maximum absolute atomic E-state index is 9.51. The Hall–Kier alpha value is -1.42. The monoisotopic (exact) mass is 264 g/mol. The topological polar surface area (TPSA) is 58.7 Å². The minimum atomic E-state index is 0.104. The van der Waals surface area contributed by atoms with Crippen molar-refractivity contribution in [2.75, 3.05) is 23.8 Å². The van der Waals surface area contributed by atoms with Gasteiger partial charge in [0.05, 0.1) is 30.1 Å². The number of nitrogens with zero attached hydrogens (tertiary/aromatic N) is 1. The minimum Gasteiger partial charge on any atom is -0.489 e. The molecule has 1 aliphatic rings. The molecule has 2 rings (SSSR count). The van der Waals surface area contributed by atoms with Crippen molar-refractivity contribution in [3.63, 3.8) is 0 Å². The van der Waals surface area contributed by atoms with E-state index in [-0.39, 0.29) is 18.8 Å². The largest absolute Gasteiger partial charge is 0.489 e. The van der Waals surface area contributed by atoms with Crippen LogP contribution < -0.4 is 15.4 Å². The van der Waals surface area contributed by atoms with Gasteiger partial charge in [-0.3, -0.25) is 0 Å². The Morgan fingerprint density at radius 1 is 1.42 bits per heavy atom. The van der Waals surface area contributed by atoms with Gasteiger partial charge in [-0.2, -0.15) is 0 Å². The number of ether oxygens (including phenoxy) is 1. The normalized spacial score (nSPS) is 19.8. The van der Waals surface area contributed by atoms with E-state index in [0.717, 1.165) is 30.8 Å². The molecule has 0 amide bonds. The third kappa shape index (κ3) is 3.13. The standard InChI is InChI=1S/C15H24N2O2/c1-11(2)19-14-8-5-7-13(15(14)16)17-9-4-3-6-12(17)10-18/h5,7-8,11-12,18H,3-4,6,9-10,16H2,1-2H3. The number of hydrogen-bond donors (Lipinski definition) is 2. The molecule has 0 aromatic heterocycles. The molecular formula is C15H24N2O2. The molecule has 4 nitrogen and oxygen atoms in total. The van der Waals surface area contributed by atoms with Crippen LogP contribution in [0.1, 0.15) is 33.1 Å². The molecule has 3 N–H and O–H groups in total. The molecule has 1 heterocycles. The second-order valence-corrected chi connectivity index (χ2v) is 5.38. The van der Waals surface area contributed by atoms with Crippen LogP contribution >= 0.6 is 0 Å². The lowest BCUT2D eigenvalue weighted by Gasteiger charge is -2.37. The SMILES string of the molecule is CC(C)Oc1cccc(N2CCCCC2CO)c1N. The highest BCUT2D eigenvalue weighted by Crippen LogP contribution is 2.35. The van der Waals surface area contributed by atoms with Gasteiger partial charge in [0.25, 0.3) is 0 Å². The van der Waals surface area contributed by atoms with Crippen LogP contribution in [-0.4, -0.2) is 30.4 Å². The Bertz CT molecular complexity index is 421. The predicted molar refractivity (Wildman–Crippen MR) is 78.7 cm³/mol. The summed E-state index contributed by atoms with van der Waals surface area (Å²) in [6, 6.07) is 6.05. The summed E-state index contributed by atoms with van der Waals surface area (Å²) in [5.74, 6) is 0.731. The average molecular weight is 264 g/mol. The van der Waals surface area contributed by atoms with Gasteiger partial charge in [-0.15, -0.1) is 0 Å². The summed E-state index contributed by atoms with van der Waals surface area (Å²) < 4.78 is 5.73. The maximum atomic E-state index is 9.51. The zero-order valence-corrected chi connectivity index (χ0v) is 11.8. The van der Waals surface area contributed by atoms with E-state index in [1.54, 1.807) is 0 Å². The molecular weight excluding hydrogens is 240 g/mol. The molecule has 0 saturated carbocycles. The molecule has 1 unspecified atom stereocenters. The second kappa shape index (κ2) is 6.15. The smallest absolute Gasteiger partial charge is 0.144 e. The Labute approximate surface area is 115 Å². The summed E-state index contributed by atoms with van der Waals surface area (Å²) in [6.07, 6.45) is 3.44. The lowest BCUT2D eigenvalue weighted by Crippen LogP contribution is -2.42. The summed E-state index contributed by atoms with van der Waals surface area (Å²) >= 11 is 0. The van der Waals surface area contributed by atoms with Crippen LogP contribution in [0.15, 0.2) is 18.2 Å². The van der Waals surface area contributed by atoms with Crippen LogP contribution in [-0.2, 0) is 0 Å². The summed E-state index contributed by atoms with van der Waals surface area (Å²) in [5.41, 5.74) is 7.89. The van der Waals surface area contributed by atoms with E-state index in [1.807, 2.05) is 32.0 Å². The highest BCUT2D eigenvalue weighted by Gasteiger charge is 2.24. The lowest BCUT2D eigenvalue weighted by atomic mass is 10.0. The van der Waals surface area contributed by atoms with E-state index in [4.69, 9.17) is 10.5 Å². The van der Waals surface area contributed by atoms with Crippen molar-refractivity contribution in [1.29, 1.82) is 0 Å². The van der Waals surface area contributed by atoms with Crippen molar-refractivity contribution < 1.29 is 9.84 Å². The van der Waals surface area contributed by atoms with Crippen molar-refractivity contribution >= 4 is 11.4 Å². The van der Waals surface area contributed by atoms with Crippen molar-refractivity contribution in [1.82, 2.24) is 0 Å². The lowest BCUT2D eigenvalue weighted by molar-refractivity contribution is 0.238. The number of aliphatic hydroxyl groups is 1. The highest BCUT2D eigenvalue weighted by atomic mass is 16.5. The molecule has 1 atom stereocenters. The number of nitrogen functional groups attached to an aromatic ring is 1. The summed E-state index contributed by atoms with van der Waals surface area (Å²) in [6.45, 7) is 5.10. The van der Waals surface area contributed by atoms with E-state index in [0.29, 0.717) is 5.69 Å². The molecule has 1 aliphatic heterocycles. The van der Waals surface area contributed by atoms with Crippen LogP contribution in [0.4, 0.5) is 11.4 Å². The number of rotatable bonds is 4. The zero-order valence-electron chi connectivity index (χ0n) is 11.8. The van der Waals surface area contributed by atoms with E-state index in [2.05, 4.69) is 4.90 Å². The van der Waals surface area contributed by atoms with Gasteiger partial charge in [-0.25, -0.2) is 0 Å². The van der Waals surface area contributed by atoms with Crippen LogP contribution in [0.3, 0.4) is 0 Å². The van der Waals surface area contributed by atoms with Gasteiger partial charge in [0.15, 0.2) is 0 Å². The molecule has 0 spiro atoms. The fourth-order valence-electron chi connectivity index (χ4n) is 2.65. The number of para-hydroxylation sites is 1. The first kappa shape index (κ1) is 14.0. The Morgan fingerprint density at radius 2 is 2.21 bits per heavy atom. The molecule has 0 aliphatic carbocycles. The third-order valence-corrected chi connectivity index (χ3v) is 3.55. The number of nitrogens with two attached hydrogens (primary N) is 1. The first-order valence-corrected chi connectivity index (χ1v) is 7.06. The molecule has 1 fully saturated rings. The van der Waals surface area contributed by atoms with Gasteiger partial charge in [-0.05, 0) is 45.2 Å². The average Bonchev–Trinajstić information content (AvgIpc) is 2.41. The van der Waals surface area contributed by atoms with E-state index >= 15 is 0 Å². The van der Waals surface area contributed by atoms with Crippen molar-refractivity contribution in [3.8, 4) is 5.75 Å². The van der Waals surface area contributed by atoms with Gasteiger partial charge >= 0.3 is 0 Å². The molecule has 4 heteroatoms.